The Labute approximate surface area is 113 Å². The normalized spacial score (nSPS) is 13.2. The molecule has 2 rings (SSSR count). The maximum Gasteiger partial charge on any atom is 0.279 e. The molecule has 0 aliphatic rings. The van der Waals surface area contributed by atoms with Crippen LogP contribution < -0.4 is 10.5 Å². The molecule has 3 N–H and O–H groups in total. The molecule has 0 aliphatic heterocycles. The average Bonchev–Trinajstić information content (AvgIpc) is 2.46. The number of oxime groups is 1. The average molecular weight is 276 g/mol. The molecule has 104 valence electrons. The van der Waals surface area contributed by atoms with Crippen molar-refractivity contribution in [2.75, 3.05) is 0 Å². The Balaban J connectivity index is 2.51. The van der Waals surface area contributed by atoms with Gasteiger partial charge >= 0.3 is 0 Å². The molecule has 0 saturated carbocycles. The SMILES string of the molecule is CC(Oc1ccc([N+](=O)[O-])c2cccnc12)C(N)=NO. The predicted octanol–water partition coefficient (Wildman–Crippen LogP) is 1.66. The van der Waals surface area contributed by atoms with Gasteiger partial charge in [-0.05, 0) is 25.1 Å². The number of ether oxygens (including phenoxy) is 1. The van der Waals surface area contributed by atoms with Gasteiger partial charge in [-0.15, -0.1) is 0 Å². The van der Waals surface area contributed by atoms with E-state index in [2.05, 4.69) is 10.1 Å². The molecule has 20 heavy (non-hydrogen) atoms. The topological polar surface area (TPSA) is 124 Å². The van der Waals surface area contributed by atoms with Crippen molar-refractivity contribution in [2.45, 2.75) is 13.0 Å². The van der Waals surface area contributed by atoms with Crippen molar-refractivity contribution in [3.63, 3.8) is 0 Å². The second kappa shape index (κ2) is 5.39. The first-order chi connectivity index (χ1) is 9.54. The first-order valence-corrected chi connectivity index (χ1v) is 5.70. The van der Waals surface area contributed by atoms with Gasteiger partial charge in [0.15, 0.2) is 11.9 Å². The third-order valence-corrected chi connectivity index (χ3v) is 2.74. The van der Waals surface area contributed by atoms with Crippen LogP contribution in [0.2, 0.25) is 0 Å². The standard InChI is InChI=1S/C12H12N4O4/c1-7(12(13)15-17)20-10-5-4-9(16(18)19)8-3-2-6-14-11(8)10/h2-7,17H,1H3,(H2,13,15). The lowest BCUT2D eigenvalue weighted by Crippen LogP contribution is -2.31. The largest absolute Gasteiger partial charge is 0.480 e. The summed E-state index contributed by atoms with van der Waals surface area (Å²) in [6.45, 7) is 1.59. The van der Waals surface area contributed by atoms with E-state index in [9.17, 15) is 10.1 Å². The lowest BCUT2D eigenvalue weighted by atomic mass is 10.1. The summed E-state index contributed by atoms with van der Waals surface area (Å²) < 4.78 is 5.51. The van der Waals surface area contributed by atoms with Gasteiger partial charge in [0.2, 0.25) is 0 Å². The highest BCUT2D eigenvalue weighted by Crippen LogP contribution is 2.31. The van der Waals surface area contributed by atoms with E-state index in [1.54, 1.807) is 19.1 Å². The van der Waals surface area contributed by atoms with E-state index in [0.29, 0.717) is 16.7 Å². The zero-order chi connectivity index (χ0) is 14.7. The van der Waals surface area contributed by atoms with E-state index in [-0.39, 0.29) is 11.5 Å². The second-order valence-corrected chi connectivity index (χ2v) is 4.02. The summed E-state index contributed by atoms with van der Waals surface area (Å²) in [6, 6.07) is 5.96. The van der Waals surface area contributed by atoms with Crippen molar-refractivity contribution in [3.8, 4) is 5.75 Å². The number of amidine groups is 1. The molecule has 0 saturated heterocycles. The molecular weight excluding hydrogens is 264 g/mol. The van der Waals surface area contributed by atoms with Crippen LogP contribution in [0.15, 0.2) is 35.6 Å². The molecule has 8 heteroatoms. The Morgan fingerprint density at radius 3 is 2.95 bits per heavy atom. The van der Waals surface area contributed by atoms with E-state index < -0.39 is 11.0 Å². The van der Waals surface area contributed by atoms with Crippen molar-refractivity contribution in [1.29, 1.82) is 0 Å². The third kappa shape index (κ3) is 2.44. The van der Waals surface area contributed by atoms with E-state index in [1.165, 1.54) is 18.3 Å². The summed E-state index contributed by atoms with van der Waals surface area (Å²) in [7, 11) is 0. The number of aromatic nitrogens is 1. The number of nitro groups is 1. The van der Waals surface area contributed by atoms with Crippen molar-refractivity contribution < 1.29 is 14.9 Å². The zero-order valence-electron chi connectivity index (χ0n) is 10.6. The highest BCUT2D eigenvalue weighted by atomic mass is 16.6. The molecule has 1 heterocycles. The van der Waals surface area contributed by atoms with Crippen molar-refractivity contribution in [1.82, 2.24) is 4.98 Å². The van der Waals surface area contributed by atoms with Gasteiger partial charge in [0.05, 0.1) is 10.3 Å². The number of nitrogens with two attached hydrogens (primary N) is 1. The summed E-state index contributed by atoms with van der Waals surface area (Å²) in [5.41, 5.74) is 5.72. The number of rotatable bonds is 4. The number of benzene rings is 1. The van der Waals surface area contributed by atoms with Gasteiger partial charge in [-0.25, -0.2) is 0 Å². The fraction of sp³-hybridized carbons (Fsp3) is 0.167. The van der Waals surface area contributed by atoms with Gasteiger partial charge in [0.25, 0.3) is 5.69 Å². The van der Waals surface area contributed by atoms with Gasteiger partial charge in [-0.2, -0.15) is 0 Å². The molecule has 0 bridgehead atoms. The number of hydrogen-bond donors (Lipinski definition) is 2. The molecule has 1 unspecified atom stereocenters. The van der Waals surface area contributed by atoms with Crippen LogP contribution in [0.4, 0.5) is 5.69 Å². The molecule has 0 radical (unpaired) electrons. The molecule has 0 amide bonds. The summed E-state index contributed by atoms with van der Waals surface area (Å²) >= 11 is 0. The van der Waals surface area contributed by atoms with Crippen LogP contribution in [0.3, 0.4) is 0 Å². The fourth-order valence-corrected chi connectivity index (χ4v) is 1.72. The third-order valence-electron chi connectivity index (χ3n) is 2.74. The van der Waals surface area contributed by atoms with Crippen LogP contribution in [-0.2, 0) is 0 Å². The molecule has 1 aromatic heterocycles. The van der Waals surface area contributed by atoms with Crippen LogP contribution >= 0.6 is 0 Å². The van der Waals surface area contributed by atoms with Crippen LogP contribution in [0.5, 0.6) is 5.75 Å². The van der Waals surface area contributed by atoms with Crippen molar-refractivity contribution in [3.05, 3.63) is 40.6 Å². The second-order valence-electron chi connectivity index (χ2n) is 4.02. The maximum absolute atomic E-state index is 11.0. The van der Waals surface area contributed by atoms with Gasteiger partial charge in [0.1, 0.15) is 11.3 Å². The lowest BCUT2D eigenvalue weighted by Gasteiger charge is -2.14. The Kier molecular flexibility index (Phi) is 3.65. The molecule has 1 atom stereocenters. The van der Waals surface area contributed by atoms with Crippen LogP contribution in [0.1, 0.15) is 6.92 Å². The highest BCUT2D eigenvalue weighted by molar-refractivity contribution is 5.92. The maximum atomic E-state index is 11.0. The van der Waals surface area contributed by atoms with Gasteiger partial charge in [-0.1, -0.05) is 5.16 Å². The van der Waals surface area contributed by atoms with Gasteiger partial charge < -0.3 is 15.7 Å². The minimum absolute atomic E-state index is 0.0584. The highest BCUT2D eigenvalue weighted by Gasteiger charge is 2.18. The molecule has 0 spiro atoms. The molecule has 0 aliphatic carbocycles. The molecule has 1 aromatic carbocycles. The minimum Gasteiger partial charge on any atom is -0.480 e. The predicted molar refractivity (Wildman–Crippen MR) is 71.9 cm³/mol. The molecular formula is C12H12N4O4. The number of nitro benzene ring substituents is 1. The minimum atomic E-state index is -0.688. The first-order valence-electron chi connectivity index (χ1n) is 5.70. The van der Waals surface area contributed by atoms with E-state index >= 15 is 0 Å². The summed E-state index contributed by atoms with van der Waals surface area (Å²) in [4.78, 5) is 14.6. The van der Waals surface area contributed by atoms with Crippen LogP contribution in [-0.4, -0.2) is 27.1 Å². The quantitative estimate of drug-likeness (QED) is 0.288. The van der Waals surface area contributed by atoms with Gasteiger partial charge in [0, 0.05) is 12.3 Å². The first kappa shape index (κ1) is 13.5. The molecule has 2 aromatic rings. The Bertz CT molecular complexity index is 686. The number of fused-ring (bicyclic) bond motifs is 1. The summed E-state index contributed by atoms with van der Waals surface area (Å²) in [5.74, 6) is 0.220. The Morgan fingerprint density at radius 2 is 2.30 bits per heavy atom. The van der Waals surface area contributed by atoms with E-state index in [4.69, 9.17) is 15.7 Å². The number of nitrogens with zero attached hydrogens (tertiary/aromatic N) is 3. The zero-order valence-corrected chi connectivity index (χ0v) is 10.6. The van der Waals surface area contributed by atoms with Crippen molar-refractivity contribution >= 4 is 22.4 Å². The number of pyridine rings is 1. The fourth-order valence-electron chi connectivity index (χ4n) is 1.72. The molecule has 8 nitrogen and oxygen atoms in total. The smallest absolute Gasteiger partial charge is 0.279 e. The van der Waals surface area contributed by atoms with Crippen molar-refractivity contribution in [2.24, 2.45) is 10.9 Å². The monoisotopic (exact) mass is 276 g/mol. The Morgan fingerprint density at radius 1 is 1.55 bits per heavy atom. The molecule has 0 fully saturated rings. The van der Waals surface area contributed by atoms with E-state index in [0.717, 1.165) is 0 Å². The number of non-ortho nitro benzene ring substituents is 1. The van der Waals surface area contributed by atoms with Crippen LogP contribution in [0.25, 0.3) is 10.9 Å². The summed E-state index contributed by atoms with van der Waals surface area (Å²) in [6.07, 6.45) is 0.819. The lowest BCUT2D eigenvalue weighted by molar-refractivity contribution is -0.383. The Hall–Kier alpha value is -2.90. The number of hydrogen-bond acceptors (Lipinski definition) is 6. The van der Waals surface area contributed by atoms with E-state index in [1.807, 2.05) is 0 Å². The van der Waals surface area contributed by atoms with Crippen LogP contribution in [0, 0.1) is 10.1 Å². The summed E-state index contributed by atoms with van der Waals surface area (Å²) in [5, 5.41) is 22.8. The van der Waals surface area contributed by atoms with Gasteiger partial charge in [-0.3, -0.25) is 15.1 Å².